The third-order valence-corrected chi connectivity index (χ3v) is 6.74. The highest BCUT2D eigenvalue weighted by molar-refractivity contribution is 9.10. The molecular formula is C21H16BrClF2OS. The number of hydrogen-bond donors (Lipinski definition) is 0. The lowest BCUT2D eigenvalue weighted by atomic mass is 10.0. The molecule has 140 valence electrons. The lowest BCUT2D eigenvalue weighted by molar-refractivity contribution is 0.574. The molecule has 0 fully saturated rings. The SMILES string of the molecule is O=S(c1ccc(Cl)cc1)C(CCc1ccc(Br)cc1)c1cc(F)ccc1F. The molecule has 0 amide bonds. The molecule has 0 spiro atoms. The van der Waals surface area contributed by atoms with Gasteiger partial charge in [0.2, 0.25) is 0 Å². The highest BCUT2D eigenvalue weighted by Gasteiger charge is 2.24. The van der Waals surface area contributed by atoms with E-state index >= 15 is 0 Å². The number of aryl methyl sites for hydroxylation is 1. The van der Waals surface area contributed by atoms with Crippen LogP contribution < -0.4 is 0 Å². The van der Waals surface area contributed by atoms with Crippen molar-refractivity contribution >= 4 is 38.3 Å². The number of rotatable bonds is 6. The van der Waals surface area contributed by atoms with Crippen LogP contribution in [0.15, 0.2) is 76.1 Å². The van der Waals surface area contributed by atoms with Gasteiger partial charge in [-0.15, -0.1) is 0 Å². The van der Waals surface area contributed by atoms with Crippen LogP contribution in [0.3, 0.4) is 0 Å². The zero-order valence-electron chi connectivity index (χ0n) is 14.2. The summed E-state index contributed by atoms with van der Waals surface area (Å²) in [5.74, 6) is -1.10. The Hall–Kier alpha value is -1.56. The molecule has 0 saturated heterocycles. The zero-order chi connectivity index (χ0) is 19.4. The summed E-state index contributed by atoms with van der Waals surface area (Å²) in [7, 11) is -1.55. The van der Waals surface area contributed by atoms with Crippen molar-refractivity contribution in [3.63, 3.8) is 0 Å². The van der Waals surface area contributed by atoms with Crippen LogP contribution >= 0.6 is 27.5 Å². The monoisotopic (exact) mass is 468 g/mol. The number of benzene rings is 3. The van der Waals surface area contributed by atoms with E-state index < -0.39 is 27.7 Å². The molecule has 0 aliphatic carbocycles. The molecule has 3 rings (SSSR count). The number of hydrogen-bond acceptors (Lipinski definition) is 1. The van der Waals surface area contributed by atoms with Gasteiger partial charge in [0.15, 0.2) is 0 Å². The van der Waals surface area contributed by atoms with E-state index in [0.29, 0.717) is 22.8 Å². The predicted molar refractivity (Wildman–Crippen MR) is 109 cm³/mol. The van der Waals surface area contributed by atoms with Crippen LogP contribution in [0.2, 0.25) is 5.02 Å². The third kappa shape index (κ3) is 5.24. The Kier molecular flexibility index (Phi) is 6.79. The van der Waals surface area contributed by atoms with Crippen molar-refractivity contribution in [1.82, 2.24) is 0 Å². The van der Waals surface area contributed by atoms with Gasteiger partial charge < -0.3 is 0 Å². The molecule has 0 N–H and O–H groups in total. The van der Waals surface area contributed by atoms with E-state index in [1.165, 1.54) is 0 Å². The molecule has 3 aromatic rings. The summed E-state index contributed by atoms with van der Waals surface area (Å²) in [4.78, 5) is 0.531. The third-order valence-electron chi connectivity index (χ3n) is 4.22. The van der Waals surface area contributed by atoms with Crippen molar-refractivity contribution in [3.8, 4) is 0 Å². The van der Waals surface area contributed by atoms with E-state index in [-0.39, 0.29) is 5.56 Å². The zero-order valence-corrected chi connectivity index (χ0v) is 17.3. The first-order valence-electron chi connectivity index (χ1n) is 8.29. The van der Waals surface area contributed by atoms with Gasteiger partial charge in [0, 0.05) is 20.0 Å². The van der Waals surface area contributed by atoms with E-state index in [2.05, 4.69) is 15.9 Å². The molecule has 27 heavy (non-hydrogen) atoms. The van der Waals surface area contributed by atoms with E-state index in [1.54, 1.807) is 24.3 Å². The van der Waals surface area contributed by atoms with Gasteiger partial charge in [0.25, 0.3) is 0 Å². The van der Waals surface area contributed by atoms with Crippen molar-refractivity contribution in [3.05, 3.63) is 99.0 Å². The maximum atomic E-state index is 14.4. The summed E-state index contributed by atoms with van der Waals surface area (Å²) in [6.07, 6.45) is 1.00. The van der Waals surface area contributed by atoms with Gasteiger partial charge in [-0.2, -0.15) is 0 Å². The normalized spacial score (nSPS) is 13.3. The predicted octanol–water partition coefficient (Wildman–Crippen LogP) is 6.86. The first-order valence-corrected chi connectivity index (χ1v) is 10.7. The molecule has 0 bridgehead atoms. The molecule has 6 heteroatoms. The lowest BCUT2D eigenvalue weighted by Crippen LogP contribution is -2.11. The maximum absolute atomic E-state index is 14.4. The van der Waals surface area contributed by atoms with Gasteiger partial charge in [-0.05, 0) is 73.0 Å². The van der Waals surface area contributed by atoms with Crippen molar-refractivity contribution in [2.24, 2.45) is 0 Å². The highest BCUT2D eigenvalue weighted by Crippen LogP contribution is 2.32. The van der Waals surface area contributed by atoms with Crippen LogP contribution in [0.5, 0.6) is 0 Å². The second-order valence-corrected chi connectivity index (χ2v) is 9.06. The van der Waals surface area contributed by atoms with Crippen LogP contribution in [-0.2, 0) is 17.2 Å². The summed E-state index contributed by atoms with van der Waals surface area (Å²) in [5.41, 5.74) is 1.16. The minimum Gasteiger partial charge on any atom is -0.254 e. The van der Waals surface area contributed by atoms with Crippen molar-refractivity contribution < 1.29 is 13.0 Å². The first kappa shape index (κ1) is 20.2. The molecule has 2 atom stereocenters. The Morgan fingerprint density at radius 3 is 2.30 bits per heavy atom. The van der Waals surface area contributed by atoms with E-state index in [4.69, 9.17) is 11.6 Å². The highest BCUT2D eigenvalue weighted by atomic mass is 79.9. The van der Waals surface area contributed by atoms with Gasteiger partial charge in [-0.1, -0.05) is 39.7 Å². The summed E-state index contributed by atoms with van der Waals surface area (Å²) in [6, 6.07) is 17.6. The molecule has 0 aromatic heterocycles. The maximum Gasteiger partial charge on any atom is 0.127 e. The quantitative estimate of drug-likeness (QED) is 0.385. The largest absolute Gasteiger partial charge is 0.254 e. The lowest BCUT2D eigenvalue weighted by Gasteiger charge is -2.18. The van der Waals surface area contributed by atoms with Gasteiger partial charge in [-0.25, -0.2) is 8.78 Å². The molecule has 1 nitrogen and oxygen atoms in total. The molecule has 3 aromatic carbocycles. The fraction of sp³-hybridized carbons (Fsp3) is 0.143. The van der Waals surface area contributed by atoms with E-state index in [0.717, 1.165) is 28.2 Å². The molecule has 0 saturated carbocycles. The minimum absolute atomic E-state index is 0.125. The Morgan fingerprint density at radius 1 is 0.963 bits per heavy atom. The molecule has 0 aliphatic rings. The first-order chi connectivity index (χ1) is 12.9. The average molecular weight is 470 g/mol. The Morgan fingerprint density at radius 2 is 1.63 bits per heavy atom. The van der Waals surface area contributed by atoms with Gasteiger partial charge in [0.1, 0.15) is 11.6 Å². The Labute approximate surface area is 173 Å². The van der Waals surface area contributed by atoms with Gasteiger partial charge in [-0.3, -0.25) is 4.21 Å². The van der Waals surface area contributed by atoms with E-state index in [9.17, 15) is 13.0 Å². The topological polar surface area (TPSA) is 17.1 Å². The Bertz CT molecular complexity index is 945. The molecule has 0 aliphatic heterocycles. The number of halogens is 4. The van der Waals surface area contributed by atoms with Crippen LogP contribution in [0.25, 0.3) is 0 Å². The van der Waals surface area contributed by atoms with Gasteiger partial charge >= 0.3 is 0 Å². The molecule has 0 radical (unpaired) electrons. The fourth-order valence-corrected chi connectivity index (χ4v) is 4.69. The van der Waals surface area contributed by atoms with Crippen LogP contribution in [0, 0.1) is 11.6 Å². The van der Waals surface area contributed by atoms with Crippen molar-refractivity contribution in [2.45, 2.75) is 23.0 Å². The minimum atomic E-state index is -1.55. The molecule has 0 heterocycles. The molecule has 2 unspecified atom stereocenters. The smallest absolute Gasteiger partial charge is 0.127 e. The molecular weight excluding hydrogens is 454 g/mol. The second kappa shape index (κ2) is 9.09. The fourth-order valence-electron chi connectivity index (χ4n) is 2.82. The average Bonchev–Trinajstić information content (AvgIpc) is 2.66. The van der Waals surface area contributed by atoms with Crippen LogP contribution in [-0.4, -0.2) is 4.21 Å². The second-order valence-electron chi connectivity index (χ2n) is 6.07. The summed E-state index contributed by atoms with van der Waals surface area (Å²) in [5, 5.41) is -0.148. The van der Waals surface area contributed by atoms with Crippen LogP contribution in [0.1, 0.15) is 22.8 Å². The summed E-state index contributed by atoms with van der Waals surface area (Å²) in [6.45, 7) is 0. The Balaban J connectivity index is 1.92. The van der Waals surface area contributed by atoms with E-state index in [1.807, 2.05) is 24.3 Å². The van der Waals surface area contributed by atoms with Crippen LogP contribution in [0.4, 0.5) is 8.78 Å². The van der Waals surface area contributed by atoms with Gasteiger partial charge in [0.05, 0.1) is 16.0 Å². The van der Waals surface area contributed by atoms with Crippen molar-refractivity contribution in [1.29, 1.82) is 0 Å². The van der Waals surface area contributed by atoms with Crippen molar-refractivity contribution in [2.75, 3.05) is 0 Å². The summed E-state index contributed by atoms with van der Waals surface area (Å²) >= 11 is 9.29. The summed E-state index contributed by atoms with van der Waals surface area (Å²) < 4.78 is 42.3. The standard InChI is InChI=1S/C21H16BrClF2OS/c22-15-4-1-14(2-5-15)3-12-21(19-13-17(24)8-11-20(19)25)27(26)18-9-6-16(23)7-10-18/h1-2,4-11,13,21H,3,12H2.